The zero-order valence-electron chi connectivity index (χ0n) is 11.2. The number of nitrogens with zero attached hydrogens (tertiary/aromatic N) is 2. The maximum Gasteiger partial charge on any atom is 0.255 e. The van der Waals surface area contributed by atoms with Gasteiger partial charge in [0, 0.05) is 35.6 Å². The lowest BCUT2D eigenvalue weighted by Crippen LogP contribution is -2.30. The van der Waals surface area contributed by atoms with E-state index < -0.39 is 0 Å². The molecular formula is C15H16BrN3O. The maximum absolute atomic E-state index is 12.5. The molecule has 0 atom stereocenters. The van der Waals surface area contributed by atoms with Gasteiger partial charge in [-0.15, -0.1) is 0 Å². The minimum absolute atomic E-state index is 0.0382. The number of carbonyl (C=O) groups is 1. The molecule has 1 aromatic heterocycles. The molecule has 0 saturated carbocycles. The summed E-state index contributed by atoms with van der Waals surface area (Å²) < 4.78 is 0.795. The summed E-state index contributed by atoms with van der Waals surface area (Å²) in [7, 11) is 0. The molecule has 104 valence electrons. The van der Waals surface area contributed by atoms with Crippen molar-refractivity contribution in [1.82, 2.24) is 9.88 Å². The second-order valence-electron chi connectivity index (χ2n) is 4.46. The van der Waals surface area contributed by atoms with Crippen molar-refractivity contribution in [2.24, 2.45) is 0 Å². The molecule has 0 spiro atoms. The molecule has 1 heterocycles. The Morgan fingerprint density at radius 2 is 2.15 bits per heavy atom. The highest BCUT2D eigenvalue weighted by Gasteiger charge is 2.15. The van der Waals surface area contributed by atoms with Gasteiger partial charge in [0.1, 0.15) is 0 Å². The molecule has 0 aliphatic carbocycles. The van der Waals surface area contributed by atoms with E-state index in [9.17, 15) is 4.79 Å². The number of hydrogen-bond donors (Lipinski definition) is 1. The third-order valence-electron chi connectivity index (χ3n) is 2.95. The summed E-state index contributed by atoms with van der Waals surface area (Å²) in [6, 6.07) is 9.35. The van der Waals surface area contributed by atoms with Crippen molar-refractivity contribution < 1.29 is 4.79 Å². The third kappa shape index (κ3) is 3.57. The molecule has 0 aliphatic heterocycles. The number of benzene rings is 1. The Hall–Kier alpha value is -1.88. The summed E-state index contributed by atoms with van der Waals surface area (Å²) in [5, 5.41) is 0. The minimum Gasteiger partial charge on any atom is -0.399 e. The smallest absolute Gasteiger partial charge is 0.255 e. The molecule has 0 unspecified atom stereocenters. The van der Waals surface area contributed by atoms with Crippen LogP contribution in [0.3, 0.4) is 0 Å². The number of nitrogens with two attached hydrogens (primary N) is 1. The van der Waals surface area contributed by atoms with Crippen molar-refractivity contribution in [3.8, 4) is 0 Å². The number of aromatic nitrogens is 1. The molecular weight excluding hydrogens is 318 g/mol. The van der Waals surface area contributed by atoms with Gasteiger partial charge in [-0.1, -0.05) is 12.1 Å². The second kappa shape index (κ2) is 6.52. The van der Waals surface area contributed by atoms with Crippen molar-refractivity contribution in [3.63, 3.8) is 0 Å². The molecule has 5 heteroatoms. The lowest BCUT2D eigenvalue weighted by Gasteiger charge is -2.21. The van der Waals surface area contributed by atoms with Crippen LogP contribution in [-0.4, -0.2) is 22.3 Å². The molecule has 0 saturated heterocycles. The fourth-order valence-electron chi connectivity index (χ4n) is 1.95. The Labute approximate surface area is 126 Å². The maximum atomic E-state index is 12.5. The molecule has 1 aromatic carbocycles. The van der Waals surface area contributed by atoms with Crippen LogP contribution in [-0.2, 0) is 6.54 Å². The number of nitrogen functional groups attached to an aromatic ring is 1. The monoisotopic (exact) mass is 333 g/mol. The van der Waals surface area contributed by atoms with Gasteiger partial charge in [0.15, 0.2) is 0 Å². The summed E-state index contributed by atoms with van der Waals surface area (Å²) >= 11 is 3.33. The van der Waals surface area contributed by atoms with E-state index in [-0.39, 0.29) is 5.91 Å². The first-order chi connectivity index (χ1) is 9.60. The van der Waals surface area contributed by atoms with Gasteiger partial charge in [0.05, 0.1) is 5.56 Å². The lowest BCUT2D eigenvalue weighted by atomic mass is 10.1. The Balaban J connectivity index is 2.18. The number of hydrogen-bond acceptors (Lipinski definition) is 3. The molecule has 0 radical (unpaired) electrons. The molecule has 4 nitrogen and oxygen atoms in total. The van der Waals surface area contributed by atoms with Gasteiger partial charge in [-0.25, -0.2) is 0 Å². The summed E-state index contributed by atoms with van der Waals surface area (Å²) in [6.45, 7) is 3.11. The Bertz CT molecular complexity index is 616. The topological polar surface area (TPSA) is 59.2 Å². The van der Waals surface area contributed by atoms with E-state index in [0.29, 0.717) is 24.3 Å². The zero-order valence-corrected chi connectivity index (χ0v) is 12.8. The van der Waals surface area contributed by atoms with E-state index >= 15 is 0 Å². The predicted octanol–water partition coefficient (Wildman–Crippen LogP) is 3.09. The molecule has 2 rings (SSSR count). The highest BCUT2D eigenvalue weighted by atomic mass is 79.9. The van der Waals surface area contributed by atoms with Crippen molar-refractivity contribution >= 4 is 27.5 Å². The van der Waals surface area contributed by atoms with Crippen LogP contribution in [0.5, 0.6) is 0 Å². The summed E-state index contributed by atoms with van der Waals surface area (Å²) in [6.07, 6.45) is 3.24. The molecule has 0 aliphatic rings. The van der Waals surface area contributed by atoms with Gasteiger partial charge >= 0.3 is 0 Å². The van der Waals surface area contributed by atoms with Gasteiger partial charge in [-0.3, -0.25) is 9.78 Å². The molecule has 0 bridgehead atoms. The molecule has 1 amide bonds. The first-order valence-corrected chi connectivity index (χ1v) is 7.13. The van der Waals surface area contributed by atoms with E-state index in [1.54, 1.807) is 23.4 Å². The fourth-order valence-corrected chi connectivity index (χ4v) is 2.32. The number of halogens is 1. The molecule has 20 heavy (non-hydrogen) atoms. The number of carbonyl (C=O) groups excluding carboxylic acids is 1. The van der Waals surface area contributed by atoms with E-state index in [1.807, 2.05) is 31.2 Å². The van der Waals surface area contributed by atoms with E-state index in [1.165, 1.54) is 0 Å². The minimum atomic E-state index is -0.0382. The number of rotatable bonds is 4. The van der Waals surface area contributed by atoms with Crippen LogP contribution in [0.15, 0.2) is 47.2 Å². The standard InChI is InChI=1S/C15H16BrN3O/c1-2-19(10-11-4-3-5-14(17)6-11)15(20)12-7-13(16)9-18-8-12/h3-9H,2,10,17H2,1H3. The molecule has 2 N–H and O–H groups in total. The summed E-state index contributed by atoms with van der Waals surface area (Å²) in [5.74, 6) is -0.0382. The molecule has 0 fully saturated rings. The highest BCUT2D eigenvalue weighted by molar-refractivity contribution is 9.10. The van der Waals surface area contributed by atoms with Crippen LogP contribution in [0, 0.1) is 0 Å². The average Bonchev–Trinajstić information content (AvgIpc) is 2.44. The number of amides is 1. The van der Waals surface area contributed by atoms with Gasteiger partial charge in [0.25, 0.3) is 5.91 Å². The van der Waals surface area contributed by atoms with Crippen molar-refractivity contribution in [3.05, 3.63) is 58.3 Å². The van der Waals surface area contributed by atoms with Crippen LogP contribution in [0.2, 0.25) is 0 Å². The fraction of sp³-hybridized carbons (Fsp3) is 0.200. The summed E-state index contributed by atoms with van der Waals surface area (Å²) in [4.78, 5) is 18.2. The van der Waals surface area contributed by atoms with E-state index in [4.69, 9.17) is 5.73 Å². The number of anilines is 1. The van der Waals surface area contributed by atoms with Gasteiger partial charge in [-0.2, -0.15) is 0 Å². The largest absolute Gasteiger partial charge is 0.399 e. The average molecular weight is 334 g/mol. The van der Waals surface area contributed by atoms with Gasteiger partial charge < -0.3 is 10.6 Å². The number of pyridine rings is 1. The SMILES string of the molecule is CCN(Cc1cccc(N)c1)C(=O)c1cncc(Br)c1. The van der Waals surface area contributed by atoms with Crippen LogP contribution in [0.4, 0.5) is 5.69 Å². The van der Waals surface area contributed by atoms with E-state index in [2.05, 4.69) is 20.9 Å². The third-order valence-corrected chi connectivity index (χ3v) is 3.38. The van der Waals surface area contributed by atoms with Crippen molar-refractivity contribution in [2.75, 3.05) is 12.3 Å². The van der Waals surface area contributed by atoms with Crippen molar-refractivity contribution in [1.29, 1.82) is 0 Å². The zero-order chi connectivity index (χ0) is 14.5. The highest BCUT2D eigenvalue weighted by Crippen LogP contribution is 2.15. The lowest BCUT2D eigenvalue weighted by molar-refractivity contribution is 0.0752. The first-order valence-electron chi connectivity index (χ1n) is 6.34. The first kappa shape index (κ1) is 14.5. The Kier molecular flexibility index (Phi) is 4.74. The second-order valence-corrected chi connectivity index (χ2v) is 5.37. The van der Waals surface area contributed by atoms with Crippen LogP contribution >= 0.6 is 15.9 Å². The molecule has 2 aromatic rings. The Morgan fingerprint density at radius 3 is 2.80 bits per heavy atom. The van der Waals surface area contributed by atoms with Crippen LogP contribution in [0.1, 0.15) is 22.8 Å². The van der Waals surface area contributed by atoms with E-state index in [0.717, 1.165) is 10.0 Å². The predicted molar refractivity (Wildman–Crippen MR) is 83.2 cm³/mol. The van der Waals surface area contributed by atoms with Gasteiger partial charge in [-0.05, 0) is 46.6 Å². The van der Waals surface area contributed by atoms with Gasteiger partial charge in [0.2, 0.25) is 0 Å². The van der Waals surface area contributed by atoms with Crippen molar-refractivity contribution in [2.45, 2.75) is 13.5 Å². The quantitative estimate of drug-likeness (QED) is 0.874. The Morgan fingerprint density at radius 1 is 1.35 bits per heavy atom. The van der Waals surface area contributed by atoms with Crippen LogP contribution < -0.4 is 5.73 Å². The van der Waals surface area contributed by atoms with Crippen LogP contribution in [0.25, 0.3) is 0 Å². The normalized spacial score (nSPS) is 10.3. The summed E-state index contributed by atoms with van der Waals surface area (Å²) in [5.41, 5.74) is 8.06.